The van der Waals surface area contributed by atoms with Crippen molar-refractivity contribution in [2.24, 2.45) is 0 Å². The molecule has 3 aromatic carbocycles. The van der Waals surface area contributed by atoms with Crippen LogP contribution < -0.4 is 21.7 Å². The van der Waals surface area contributed by atoms with E-state index in [2.05, 4.69) is 22.5 Å². The lowest BCUT2D eigenvalue weighted by Crippen LogP contribution is -2.27. The van der Waals surface area contributed by atoms with Crippen LogP contribution in [-0.2, 0) is 14.2 Å². The number of thioether (sulfide) groups is 1. The van der Waals surface area contributed by atoms with E-state index in [0.717, 1.165) is 10.5 Å². The third-order valence-corrected chi connectivity index (χ3v) is 7.18. The van der Waals surface area contributed by atoms with Crippen molar-refractivity contribution >= 4 is 93.7 Å². The fourth-order valence-corrected chi connectivity index (χ4v) is 4.69. The molecular formula is C36H47Cl3N4O6S. The quantitative estimate of drug-likeness (QED) is 0.114. The van der Waals surface area contributed by atoms with Crippen LogP contribution in [-0.4, -0.2) is 41.3 Å². The van der Waals surface area contributed by atoms with E-state index in [1.54, 1.807) is 108 Å². The lowest BCUT2D eigenvalue weighted by molar-refractivity contribution is 0.0624. The van der Waals surface area contributed by atoms with Crippen LogP contribution in [0.2, 0.25) is 15.1 Å². The summed E-state index contributed by atoms with van der Waals surface area (Å²) in [6.07, 6.45) is 2.10. The topological polar surface area (TPSA) is 141 Å². The molecule has 0 fully saturated rings. The minimum absolute atomic E-state index is 0.397. The number of nitrogens with two attached hydrogens (primary N) is 1. The van der Waals surface area contributed by atoms with Gasteiger partial charge in [-0.25, -0.2) is 14.4 Å². The summed E-state index contributed by atoms with van der Waals surface area (Å²) in [5, 5.41) is 9.36. The summed E-state index contributed by atoms with van der Waals surface area (Å²) in [6, 6.07) is 15.4. The fraction of sp³-hybridized carbons (Fsp3) is 0.361. The van der Waals surface area contributed by atoms with E-state index in [0.29, 0.717) is 37.8 Å². The smallest absolute Gasteiger partial charge is 0.412 e. The molecule has 0 aliphatic carbocycles. The van der Waals surface area contributed by atoms with Gasteiger partial charge in [-0.2, -0.15) is 0 Å². The van der Waals surface area contributed by atoms with E-state index >= 15 is 0 Å². The second-order valence-corrected chi connectivity index (χ2v) is 15.5. The molecule has 0 spiro atoms. The Morgan fingerprint density at radius 2 is 1.00 bits per heavy atom. The zero-order valence-corrected chi connectivity index (χ0v) is 33.1. The van der Waals surface area contributed by atoms with Gasteiger partial charge in [0.05, 0.1) is 15.7 Å². The van der Waals surface area contributed by atoms with Crippen molar-refractivity contribution in [3.05, 3.63) is 81.8 Å². The molecule has 0 saturated carbocycles. The molecule has 274 valence electrons. The van der Waals surface area contributed by atoms with Crippen LogP contribution in [0.4, 0.5) is 37.1 Å². The minimum Gasteiger partial charge on any atom is -0.444 e. The molecule has 0 bridgehead atoms. The highest BCUT2D eigenvalue weighted by Gasteiger charge is 2.18. The highest BCUT2D eigenvalue weighted by atomic mass is 35.5. The monoisotopic (exact) mass is 768 g/mol. The third kappa shape index (κ3) is 18.8. The summed E-state index contributed by atoms with van der Waals surface area (Å²) in [6.45, 7) is 19.9. The van der Waals surface area contributed by atoms with Gasteiger partial charge in [-0.05, 0) is 123 Å². The molecule has 0 heterocycles. The van der Waals surface area contributed by atoms with Crippen molar-refractivity contribution in [2.45, 2.75) is 84.0 Å². The molecule has 3 amide bonds. The summed E-state index contributed by atoms with van der Waals surface area (Å²) >= 11 is 19.4. The highest BCUT2D eigenvalue weighted by molar-refractivity contribution is 7.98. The van der Waals surface area contributed by atoms with Crippen LogP contribution in [0.25, 0.3) is 6.08 Å². The zero-order valence-electron chi connectivity index (χ0n) is 30.0. The van der Waals surface area contributed by atoms with Crippen LogP contribution in [0.3, 0.4) is 0 Å². The first-order chi connectivity index (χ1) is 22.9. The Hall–Kier alpha value is -3.77. The number of nitrogens with one attached hydrogen (secondary N) is 3. The zero-order chi connectivity index (χ0) is 38.4. The van der Waals surface area contributed by atoms with Gasteiger partial charge in [0, 0.05) is 27.0 Å². The van der Waals surface area contributed by atoms with Gasteiger partial charge in [-0.15, -0.1) is 11.8 Å². The number of hydrogen-bond donors (Lipinski definition) is 4. The lowest BCUT2D eigenvalue weighted by Gasteiger charge is -2.19. The molecule has 5 N–H and O–H groups in total. The number of nitrogen functional groups attached to an aromatic ring is 1. The van der Waals surface area contributed by atoms with Crippen molar-refractivity contribution in [1.29, 1.82) is 0 Å². The number of carbonyl (C=O) groups is 3. The van der Waals surface area contributed by atoms with Crippen LogP contribution >= 0.6 is 46.6 Å². The number of rotatable bonds is 5. The predicted octanol–water partition coefficient (Wildman–Crippen LogP) is 12.0. The van der Waals surface area contributed by atoms with Gasteiger partial charge in [0.2, 0.25) is 0 Å². The van der Waals surface area contributed by atoms with Crippen molar-refractivity contribution in [1.82, 2.24) is 0 Å². The van der Waals surface area contributed by atoms with Crippen molar-refractivity contribution in [3.8, 4) is 0 Å². The Morgan fingerprint density at radius 1 is 0.640 bits per heavy atom. The van der Waals surface area contributed by atoms with E-state index < -0.39 is 35.1 Å². The summed E-state index contributed by atoms with van der Waals surface area (Å²) in [5.41, 5.74) is 7.05. The SMILES string of the molecule is C=Cc1ccc(NC(=O)OC(C)(C)C)cc1Cl.CC(C)(C)OC(=O)Nc1ccc(N)c(Cl)c1.CSc1ccc(NC(=O)OC(C)(C)C)cc1Cl. The van der Waals surface area contributed by atoms with Gasteiger partial charge in [-0.3, -0.25) is 16.0 Å². The normalized spacial score (nSPS) is 11.0. The average Bonchev–Trinajstić information content (AvgIpc) is 2.93. The number of anilines is 4. The summed E-state index contributed by atoms with van der Waals surface area (Å²) < 4.78 is 15.4. The largest absolute Gasteiger partial charge is 0.444 e. The number of ether oxygens (including phenoxy) is 3. The first-order valence-electron chi connectivity index (χ1n) is 15.2. The second-order valence-electron chi connectivity index (χ2n) is 13.4. The molecular weight excluding hydrogens is 723 g/mol. The molecule has 0 aromatic heterocycles. The Kier molecular flexibility index (Phi) is 17.3. The molecule has 0 radical (unpaired) electrons. The number of benzene rings is 3. The van der Waals surface area contributed by atoms with Crippen LogP contribution in [0, 0.1) is 0 Å². The maximum Gasteiger partial charge on any atom is 0.412 e. The van der Waals surface area contributed by atoms with Gasteiger partial charge >= 0.3 is 18.3 Å². The molecule has 0 aliphatic heterocycles. The van der Waals surface area contributed by atoms with E-state index in [9.17, 15) is 14.4 Å². The van der Waals surface area contributed by atoms with Crippen molar-refractivity contribution in [3.63, 3.8) is 0 Å². The number of halogens is 3. The molecule has 14 heteroatoms. The molecule has 0 atom stereocenters. The average molecular weight is 770 g/mol. The maximum absolute atomic E-state index is 11.5. The van der Waals surface area contributed by atoms with E-state index in [1.807, 2.05) is 33.1 Å². The predicted molar refractivity (Wildman–Crippen MR) is 210 cm³/mol. The van der Waals surface area contributed by atoms with Gasteiger partial charge in [-0.1, -0.05) is 53.5 Å². The maximum atomic E-state index is 11.5. The Labute approximate surface area is 314 Å². The molecule has 0 saturated heterocycles. The summed E-state index contributed by atoms with van der Waals surface area (Å²) in [5.74, 6) is 0. The van der Waals surface area contributed by atoms with Gasteiger partial charge in [0.1, 0.15) is 16.8 Å². The lowest BCUT2D eigenvalue weighted by atomic mass is 10.2. The molecule has 3 aromatic rings. The number of carbonyl (C=O) groups excluding carboxylic acids is 3. The van der Waals surface area contributed by atoms with Gasteiger partial charge in [0.25, 0.3) is 0 Å². The van der Waals surface area contributed by atoms with Crippen molar-refractivity contribution < 1.29 is 28.6 Å². The molecule has 0 aliphatic rings. The first-order valence-corrected chi connectivity index (χ1v) is 17.6. The minimum atomic E-state index is -0.526. The summed E-state index contributed by atoms with van der Waals surface area (Å²) in [7, 11) is 0. The molecule has 0 unspecified atom stereocenters. The van der Waals surface area contributed by atoms with E-state index in [1.165, 1.54) is 0 Å². The number of hydrogen-bond acceptors (Lipinski definition) is 8. The first kappa shape index (κ1) is 44.3. The Bertz CT molecular complexity index is 1630. The third-order valence-electron chi connectivity index (χ3n) is 5.31. The van der Waals surface area contributed by atoms with E-state index in [4.69, 9.17) is 54.7 Å². The molecule has 10 nitrogen and oxygen atoms in total. The van der Waals surface area contributed by atoms with Crippen LogP contribution in [0.5, 0.6) is 0 Å². The second kappa shape index (κ2) is 19.6. The van der Waals surface area contributed by atoms with Gasteiger partial charge < -0.3 is 19.9 Å². The number of amides is 3. The molecule has 50 heavy (non-hydrogen) atoms. The van der Waals surface area contributed by atoms with Crippen LogP contribution in [0.15, 0.2) is 66.1 Å². The fourth-order valence-electron chi connectivity index (χ4n) is 3.38. The standard InChI is InChI=1S/C13H16ClNO2.C12H16ClNO2S.C11H15ClN2O2/c1-5-9-6-7-10(8-11(9)14)15-12(16)17-13(2,3)4;1-12(2,3)16-11(15)14-8-5-6-10(17-4)9(13)7-8;1-11(2,3)16-10(15)14-7-4-5-9(13)8(12)6-7/h5-8H,1H2,2-4H3,(H,15,16);5-7H,1-4H3,(H,14,15);4-6H,13H2,1-3H3,(H,14,15). The highest BCUT2D eigenvalue weighted by Crippen LogP contribution is 2.28. The van der Waals surface area contributed by atoms with E-state index in [-0.39, 0.29) is 0 Å². The Balaban J connectivity index is 0.000000375. The summed E-state index contributed by atoms with van der Waals surface area (Å²) in [4.78, 5) is 35.4. The molecule has 3 rings (SSSR count). The van der Waals surface area contributed by atoms with Crippen molar-refractivity contribution in [2.75, 3.05) is 27.9 Å². The Morgan fingerprint density at radius 3 is 1.32 bits per heavy atom. The van der Waals surface area contributed by atoms with Crippen LogP contribution in [0.1, 0.15) is 67.9 Å². The van der Waals surface area contributed by atoms with Gasteiger partial charge in [0.15, 0.2) is 0 Å².